The van der Waals surface area contributed by atoms with Crippen molar-refractivity contribution < 1.29 is 28.0 Å². The van der Waals surface area contributed by atoms with Gasteiger partial charge in [-0.25, -0.2) is 8.78 Å². The number of ketones is 2. The van der Waals surface area contributed by atoms with Gasteiger partial charge in [-0.05, 0) is 48.3 Å². The number of alkyl halides is 2. The van der Waals surface area contributed by atoms with Crippen molar-refractivity contribution in [2.45, 2.75) is 90.6 Å². The number of carbonyl (C=O) groups is 4. The normalized spacial score (nSPS) is 31.9. The molecule has 8 heteroatoms. The number of carbonyl (C=O) groups excluding carboxylic acids is 4. The van der Waals surface area contributed by atoms with Crippen LogP contribution in [0.2, 0.25) is 0 Å². The van der Waals surface area contributed by atoms with Crippen molar-refractivity contribution in [1.82, 2.24) is 10.2 Å². The summed E-state index contributed by atoms with van der Waals surface area (Å²) in [6.07, 6.45) is 2.64. The lowest BCUT2D eigenvalue weighted by Crippen LogP contribution is -2.55. The van der Waals surface area contributed by atoms with Crippen LogP contribution < -0.4 is 5.32 Å². The van der Waals surface area contributed by atoms with Gasteiger partial charge in [-0.15, -0.1) is 0 Å². The molecule has 1 aliphatic heterocycles. The van der Waals surface area contributed by atoms with Crippen molar-refractivity contribution in [3.8, 4) is 0 Å². The third kappa shape index (κ3) is 4.72. The number of nitrogens with one attached hydrogen (secondary N) is 1. The smallest absolute Gasteiger partial charge is 0.248 e. The van der Waals surface area contributed by atoms with Gasteiger partial charge in [0.2, 0.25) is 23.5 Å². The Morgan fingerprint density at radius 2 is 1.67 bits per heavy atom. The number of hydrogen-bond acceptors (Lipinski definition) is 4. The van der Waals surface area contributed by atoms with Crippen LogP contribution in [0.4, 0.5) is 8.78 Å². The molecule has 1 saturated heterocycles. The first-order valence-corrected chi connectivity index (χ1v) is 12.4. The molecule has 3 aliphatic carbocycles. The summed E-state index contributed by atoms with van der Waals surface area (Å²) in [6, 6.07) is -1.54. The van der Waals surface area contributed by atoms with Crippen LogP contribution in [0.25, 0.3) is 0 Å². The Bertz CT molecular complexity index is 843. The monoisotopic (exact) mass is 466 g/mol. The predicted octanol–water partition coefficient (Wildman–Crippen LogP) is 3.37. The molecule has 6 nitrogen and oxygen atoms in total. The fourth-order valence-electron chi connectivity index (χ4n) is 6.26. The van der Waals surface area contributed by atoms with Crippen molar-refractivity contribution >= 4 is 23.4 Å². The molecular weight excluding hydrogens is 430 g/mol. The van der Waals surface area contributed by atoms with E-state index in [2.05, 4.69) is 19.2 Å². The van der Waals surface area contributed by atoms with E-state index in [4.69, 9.17) is 0 Å². The quantitative estimate of drug-likeness (QED) is 0.556. The molecule has 0 bridgehead atoms. The molecule has 4 fully saturated rings. The Morgan fingerprint density at radius 1 is 1.06 bits per heavy atom. The maximum atomic E-state index is 13.6. The van der Waals surface area contributed by atoms with Crippen LogP contribution in [-0.4, -0.2) is 52.8 Å². The van der Waals surface area contributed by atoms with Crippen LogP contribution in [0.15, 0.2) is 0 Å². The third-order valence-corrected chi connectivity index (χ3v) is 8.86. The van der Waals surface area contributed by atoms with Gasteiger partial charge < -0.3 is 10.2 Å². The van der Waals surface area contributed by atoms with Gasteiger partial charge in [-0.3, -0.25) is 19.2 Å². The maximum absolute atomic E-state index is 13.6. The molecule has 0 aromatic rings. The number of rotatable bonds is 8. The van der Waals surface area contributed by atoms with E-state index in [1.165, 1.54) is 6.92 Å². The summed E-state index contributed by atoms with van der Waals surface area (Å²) in [4.78, 5) is 52.7. The Balaban J connectivity index is 1.48. The minimum atomic E-state index is -2.65. The topological polar surface area (TPSA) is 83.6 Å². The van der Waals surface area contributed by atoms with E-state index in [0.717, 1.165) is 12.8 Å². The minimum Gasteiger partial charge on any atom is -0.344 e. The van der Waals surface area contributed by atoms with Crippen LogP contribution in [0.1, 0.15) is 72.6 Å². The number of piperidine rings is 1. The first-order chi connectivity index (χ1) is 15.3. The summed E-state index contributed by atoms with van der Waals surface area (Å²) in [6.45, 7) is 7.64. The van der Waals surface area contributed by atoms with Crippen molar-refractivity contribution in [3.05, 3.63) is 0 Å². The zero-order valence-corrected chi connectivity index (χ0v) is 20.0. The second kappa shape index (κ2) is 8.42. The minimum absolute atomic E-state index is 0.00153. The molecule has 4 rings (SSSR count). The molecule has 5 atom stereocenters. The van der Waals surface area contributed by atoms with Gasteiger partial charge in [0.05, 0.1) is 6.04 Å². The summed E-state index contributed by atoms with van der Waals surface area (Å²) in [5.41, 5.74) is -0.0779. The Kier molecular flexibility index (Phi) is 6.19. The van der Waals surface area contributed by atoms with E-state index >= 15 is 0 Å². The number of likely N-dealkylation sites (tertiary alicyclic amines) is 1. The number of amides is 2. The highest BCUT2D eigenvalue weighted by Gasteiger charge is 2.69. The van der Waals surface area contributed by atoms with Gasteiger partial charge in [-0.2, -0.15) is 0 Å². The molecular formula is C25H36F2N2O4. The fraction of sp³-hybridized carbons (Fsp3) is 0.840. The van der Waals surface area contributed by atoms with Crippen LogP contribution in [0, 0.1) is 35.0 Å². The standard InChI is InChI=1S/C25H36F2N2O4/c1-13(16-7-9-25(26,27)10-8-16)23(33)29-12-17-19(24(17,3)4)20(29)22(32)28-18(11-15-5-6-15)21(31)14(2)30/h13,15-20H,5-12H2,1-4H3,(H,28,32)/t13-,17-,18?,19-,20-/m0/s1. The Hall–Kier alpha value is -1.86. The van der Waals surface area contributed by atoms with Crippen molar-refractivity contribution in [3.63, 3.8) is 0 Å². The predicted molar refractivity (Wildman–Crippen MR) is 117 cm³/mol. The fourth-order valence-corrected chi connectivity index (χ4v) is 6.26. The van der Waals surface area contributed by atoms with Crippen molar-refractivity contribution in [1.29, 1.82) is 0 Å². The SMILES string of the molecule is CC(=O)C(=O)C(CC1CC1)NC(=O)[C@@H]1[C@@H]2[C@H](CN1C(=O)[C@@H](C)C1CCC(F)(F)CC1)C2(C)C. The van der Waals surface area contributed by atoms with Gasteiger partial charge >= 0.3 is 0 Å². The van der Waals surface area contributed by atoms with E-state index in [1.807, 2.05) is 0 Å². The lowest BCUT2D eigenvalue weighted by molar-refractivity contribution is -0.146. The van der Waals surface area contributed by atoms with Crippen LogP contribution in [0.5, 0.6) is 0 Å². The van der Waals surface area contributed by atoms with Crippen molar-refractivity contribution in [2.24, 2.45) is 35.0 Å². The average Bonchev–Trinajstić information content (AvgIpc) is 3.59. The van der Waals surface area contributed by atoms with Crippen LogP contribution in [0.3, 0.4) is 0 Å². The van der Waals surface area contributed by atoms with Gasteiger partial charge in [0.25, 0.3) is 0 Å². The molecule has 184 valence electrons. The van der Waals surface area contributed by atoms with E-state index < -0.39 is 35.5 Å². The lowest BCUT2D eigenvalue weighted by Gasteiger charge is -2.36. The van der Waals surface area contributed by atoms with Crippen molar-refractivity contribution in [2.75, 3.05) is 6.54 Å². The molecule has 1 heterocycles. The highest BCUT2D eigenvalue weighted by Crippen LogP contribution is 2.65. The highest BCUT2D eigenvalue weighted by atomic mass is 19.3. The van der Waals surface area contributed by atoms with E-state index in [-0.39, 0.29) is 47.8 Å². The zero-order valence-electron chi connectivity index (χ0n) is 20.0. The largest absolute Gasteiger partial charge is 0.344 e. The summed E-state index contributed by atoms with van der Waals surface area (Å²) in [5, 5.41) is 2.82. The second-order valence-electron chi connectivity index (χ2n) is 11.5. The van der Waals surface area contributed by atoms with E-state index in [9.17, 15) is 28.0 Å². The Labute approximate surface area is 194 Å². The highest BCUT2D eigenvalue weighted by molar-refractivity contribution is 6.38. The second-order valence-corrected chi connectivity index (χ2v) is 11.5. The molecule has 33 heavy (non-hydrogen) atoms. The summed E-state index contributed by atoms with van der Waals surface area (Å²) in [5.74, 6) is -4.36. The Morgan fingerprint density at radius 3 is 2.21 bits per heavy atom. The molecule has 4 aliphatic rings. The third-order valence-electron chi connectivity index (χ3n) is 8.86. The number of fused-ring (bicyclic) bond motifs is 1. The molecule has 2 amide bonds. The molecule has 0 spiro atoms. The molecule has 0 aromatic heterocycles. The molecule has 0 aromatic carbocycles. The molecule has 0 radical (unpaired) electrons. The number of nitrogens with zero attached hydrogens (tertiary/aromatic N) is 1. The van der Waals surface area contributed by atoms with Crippen LogP contribution in [-0.2, 0) is 19.2 Å². The number of Topliss-reactive ketones (excluding diaryl/α,β-unsaturated/α-hetero) is 2. The van der Waals surface area contributed by atoms with Gasteiger partial charge in [0.15, 0.2) is 5.78 Å². The summed E-state index contributed by atoms with van der Waals surface area (Å²) in [7, 11) is 0. The number of halogens is 2. The number of hydrogen-bond donors (Lipinski definition) is 1. The van der Waals surface area contributed by atoms with Gasteiger partial charge in [-0.1, -0.05) is 33.6 Å². The maximum Gasteiger partial charge on any atom is 0.248 e. The molecule has 3 saturated carbocycles. The van der Waals surface area contributed by atoms with E-state index in [0.29, 0.717) is 31.7 Å². The van der Waals surface area contributed by atoms with E-state index in [1.54, 1.807) is 11.8 Å². The van der Waals surface area contributed by atoms with Gasteiger partial charge in [0, 0.05) is 32.2 Å². The summed E-state index contributed by atoms with van der Waals surface area (Å²) < 4.78 is 27.2. The first kappa shape index (κ1) is 24.3. The molecule has 1 unspecified atom stereocenters. The zero-order chi connectivity index (χ0) is 24.3. The lowest BCUT2D eigenvalue weighted by atomic mass is 9.78. The van der Waals surface area contributed by atoms with Crippen LogP contribution >= 0.6 is 0 Å². The first-order valence-electron chi connectivity index (χ1n) is 12.4. The molecule has 1 N–H and O–H groups in total. The summed E-state index contributed by atoms with van der Waals surface area (Å²) >= 11 is 0. The van der Waals surface area contributed by atoms with Gasteiger partial charge in [0.1, 0.15) is 6.04 Å². The average molecular weight is 467 g/mol.